The van der Waals surface area contributed by atoms with Crippen LogP contribution in [-0.4, -0.2) is 22.0 Å². The largest absolute Gasteiger partial charge is 0.476 e. The Bertz CT molecular complexity index is 573. The van der Waals surface area contributed by atoms with Crippen LogP contribution in [0.25, 0.3) is 0 Å². The van der Waals surface area contributed by atoms with Gasteiger partial charge < -0.3 is 9.63 Å². The van der Waals surface area contributed by atoms with Gasteiger partial charge in [0.2, 0.25) is 5.69 Å². The predicted octanol–water partition coefficient (Wildman–Crippen LogP) is 1.74. The molecule has 1 heterocycles. The Morgan fingerprint density at radius 2 is 1.88 bits per heavy atom. The van der Waals surface area contributed by atoms with Gasteiger partial charge >= 0.3 is 5.97 Å². The van der Waals surface area contributed by atoms with Crippen molar-refractivity contribution in [1.29, 1.82) is 0 Å². The first kappa shape index (κ1) is 11.0. The van der Waals surface area contributed by atoms with Crippen molar-refractivity contribution < 1.29 is 23.6 Å². The molecule has 0 amide bonds. The molecule has 5 nitrogen and oxygen atoms in total. The number of carbonyl (C=O) groups excluding carboxylic acids is 1. The molecule has 0 spiro atoms. The van der Waals surface area contributed by atoms with Gasteiger partial charge in [-0.25, -0.2) is 9.18 Å². The van der Waals surface area contributed by atoms with Crippen molar-refractivity contribution in [2.24, 2.45) is 0 Å². The summed E-state index contributed by atoms with van der Waals surface area (Å²) in [5.41, 5.74) is -0.458. The Hall–Kier alpha value is -2.50. The number of halogens is 1. The second-order valence-corrected chi connectivity index (χ2v) is 3.22. The van der Waals surface area contributed by atoms with E-state index in [1.54, 1.807) is 0 Å². The third-order valence-corrected chi connectivity index (χ3v) is 2.12. The summed E-state index contributed by atoms with van der Waals surface area (Å²) in [7, 11) is 0. The number of benzene rings is 1. The highest BCUT2D eigenvalue weighted by molar-refractivity contribution is 6.13. The van der Waals surface area contributed by atoms with Crippen molar-refractivity contribution in [3.63, 3.8) is 0 Å². The zero-order chi connectivity index (χ0) is 12.4. The van der Waals surface area contributed by atoms with Crippen LogP contribution < -0.4 is 0 Å². The molecular weight excluding hydrogens is 229 g/mol. The molecular formula is C11H6FNO4. The lowest BCUT2D eigenvalue weighted by Gasteiger charge is -1.98. The molecule has 1 aromatic heterocycles. The summed E-state index contributed by atoms with van der Waals surface area (Å²) in [6.07, 6.45) is 0.954. The number of ketones is 1. The molecule has 0 bridgehead atoms. The number of carboxylic acids is 1. The lowest BCUT2D eigenvalue weighted by atomic mass is 10.0. The van der Waals surface area contributed by atoms with Gasteiger partial charge in [-0.05, 0) is 24.3 Å². The number of nitrogens with zero attached hydrogens (tertiary/aromatic N) is 1. The maximum Gasteiger partial charge on any atom is 0.358 e. The quantitative estimate of drug-likeness (QED) is 0.819. The molecule has 1 N–H and O–H groups in total. The van der Waals surface area contributed by atoms with Gasteiger partial charge in [-0.2, -0.15) is 0 Å². The topological polar surface area (TPSA) is 80.4 Å². The summed E-state index contributed by atoms with van der Waals surface area (Å²) < 4.78 is 17.1. The van der Waals surface area contributed by atoms with Crippen LogP contribution >= 0.6 is 0 Å². The number of rotatable bonds is 3. The van der Waals surface area contributed by atoms with E-state index in [0.29, 0.717) is 0 Å². The van der Waals surface area contributed by atoms with Gasteiger partial charge in [0.25, 0.3) is 0 Å². The lowest BCUT2D eigenvalue weighted by molar-refractivity contribution is 0.0682. The Morgan fingerprint density at radius 3 is 2.47 bits per heavy atom. The SMILES string of the molecule is O=C(c1ccc(F)cc1)c1conc1C(=O)O. The second kappa shape index (κ2) is 4.17. The second-order valence-electron chi connectivity index (χ2n) is 3.22. The van der Waals surface area contributed by atoms with Crippen LogP contribution in [0.1, 0.15) is 26.4 Å². The Kier molecular flexibility index (Phi) is 2.70. The van der Waals surface area contributed by atoms with E-state index in [1.807, 2.05) is 0 Å². The monoisotopic (exact) mass is 235 g/mol. The molecule has 2 rings (SSSR count). The zero-order valence-corrected chi connectivity index (χ0v) is 8.38. The fourth-order valence-electron chi connectivity index (χ4n) is 1.31. The predicted molar refractivity (Wildman–Crippen MR) is 53.3 cm³/mol. The van der Waals surface area contributed by atoms with E-state index in [1.165, 1.54) is 12.1 Å². The number of hydrogen-bond donors (Lipinski definition) is 1. The molecule has 0 aliphatic heterocycles. The van der Waals surface area contributed by atoms with Crippen LogP contribution in [0.3, 0.4) is 0 Å². The van der Waals surface area contributed by atoms with E-state index in [-0.39, 0.29) is 11.1 Å². The van der Waals surface area contributed by atoms with E-state index in [2.05, 4.69) is 9.68 Å². The summed E-state index contributed by atoms with van der Waals surface area (Å²) in [6, 6.07) is 4.75. The van der Waals surface area contributed by atoms with Gasteiger partial charge in [-0.1, -0.05) is 5.16 Å². The average molecular weight is 235 g/mol. The fourth-order valence-corrected chi connectivity index (χ4v) is 1.31. The summed E-state index contributed by atoms with van der Waals surface area (Å²) in [6.45, 7) is 0. The first-order chi connectivity index (χ1) is 8.09. The van der Waals surface area contributed by atoms with Gasteiger partial charge in [-0.15, -0.1) is 0 Å². The maximum absolute atomic E-state index is 12.7. The van der Waals surface area contributed by atoms with Gasteiger partial charge in [0, 0.05) is 5.56 Å². The number of aromatic nitrogens is 1. The van der Waals surface area contributed by atoms with E-state index < -0.39 is 23.3 Å². The molecule has 0 radical (unpaired) electrons. The number of carbonyl (C=O) groups is 2. The maximum atomic E-state index is 12.7. The van der Waals surface area contributed by atoms with Crippen molar-refractivity contribution >= 4 is 11.8 Å². The van der Waals surface area contributed by atoms with E-state index in [9.17, 15) is 14.0 Å². The molecule has 0 saturated carbocycles. The summed E-state index contributed by atoms with van der Waals surface area (Å²) in [5.74, 6) is -2.42. The highest BCUT2D eigenvalue weighted by Crippen LogP contribution is 2.14. The molecule has 0 saturated heterocycles. The third kappa shape index (κ3) is 2.05. The number of hydrogen-bond acceptors (Lipinski definition) is 4. The van der Waals surface area contributed by atoms with E-state index >= 15 is 0 Å². The molecule has 6 heteroatoms. The Labute approximate surface area is 94.5 Å². The first-order valence-corrected chi connectivity index (χ1v) is 4.57. The van der Waals surface area contributed by atoms with Crippen LogP contribution in [0.15, 0.2) is 35.1 Å². The minimum absolute atomic E-state index is 0.163. The molecule has 0 fully saturated rings. The first-order valence-electron chi connectivity index (χ1n) is 4.57. The zero-order valence-electron chi connectivity index (χ0n) is 8.38. The minimum atomic E-state index is -1.36. The number of carboxylic acid groups (broad SMARTS) is 1. The fraction of sp³-hybridized carbons (Fsp3) is 0. The molecule has 2 aromatic rings. The molecule has 0 unspecified atom stereocenters. The van der Waals surface area contributed by atoms with Gasteiger partial charge in [0.15, 0.2) is 5.78 Å². The van der Waals surface area contributed by atoms with Crippen molar-refractivity contribution in [1.82, 2.24) is 5.16 Å². The molecule has 17 heavy (non-hydrogen) atoms. The van der Waals surface area contributed by atoms with Gasteiger partial charge in [0.1, 0.15) is 12.1 Å². The lowest BCUT2D eigenvalue weighted by Crippen LogP contribution is -2.08. The smallest absolute Gasteiger partial charge is 0.358 e. The van der Waals surface area contributed by atoms with Crippen LogP contribution in [0.5, 0.6) is 0 Å². The summed E-state index contributed by atoms with van der Waals surface area (Å²) in [4.78, 5) is 22.6. The normalized spacial score (nSPS) is 10.2. The van der Waals surface area contributed by atoms with Crippen LogP contribution in [0.2, 0.25) is 0 Å². The van der Waals surface area contributed by atoms with Crippen molar-refractivity contribution in [3.05, 3.63) is 53.2 Å². The van der Waals surface area contributed by atoms with Crippen LogP contribution in [0, 0.1) is 5.82 Å². The van der Waals surface area contributed by atoms with Crippen LogP contribution in [-0.2, 0) is 0 Å². The van der Waals surface area contributed by atoms with Gasteiger partial charge in [0.05, 0.1) is 5.56 Å². The highest BCUT2D eigenvalue weighted by Gasteiger charge is 2.22. The summed E-state index contributed by atoms with van der Waals surface area (Å²) in [5, 5.41) is 12.0. The Balaban J connectivity index is 2.40. The van der Waals surface area contributed by atoms with Crippen LogP contribution in [0.4, 0.5) is 4.39 Å². The highest BCUT2D eigenvalue weighted by atomic mass is 19.1. The molecule has 0 atom stereocenters. The van der Waals surface area contributed by atoms with Crippen molar-refractivity contribution in [3.8, 4) is 0 Å². The average Bonchev–Trinajstić information content (AvgIpc) is 2.78. The summed E-state index contributed by atoms with van der Waals surface area (Å²) >= 11 is 0. The van der Waals surface area contributed by atoms with E-state index in [0.717, 1.165) is 18.4 Å². The standard InChI is InChI=1S/C11H6FNO4/c12-7-3-1-6(2-4-7)10(14)8-5-17-13-9(8)11(15)16/h1-5H,(H,15,16). The molecule has 0 aliphatic rings. The van der Waals surface area contributed by atoms with Crippen molar-refractivity contribution in [2.45, 2.75) is 0 Å². The number of aromatic carboxylic acids is 1. The molecule has 0 aliphatic carbocycles. The molecule has 86 valence electrons. The van der Waals surface area contributed by atoms with Gasteiger partial charge in [-0.3, -0.25) is 4.79 Å². The molecule has 1 aromatic carbocycles. The van der Waals surface area contributed by atoms with Crippen molar-refractivity contribution in [2.75, 3.05) is 0 Å². The third-order valence-electron chi connectivity index (χ3n) is 2.12. The Morgan fingerprint density at radius 1 is 1.24 bits per heavy atom. The van der Waals surface area contributed by atoms with E-state index in [4.69, 9.17) is 5.11 Å². The minimum Gasteiger partial charge on any atom is -0.476 e.